The fourth-order valence-corrected chi connectivity index (χ4v) is 7.41. The summed E-state index contributed by atoms with van der Waals surface area (Å²) in [7, 11) is 0. The molecular weight excluding hydrogens is 476 g/mol. The van der Waals surface area contributed by atoms with Crippen molar-refractivity contribution in [3.05, 3.63) is 83.2 Å². The van der Waals surface area contributed by atoms with Crippen LogP contribution in [0.15, 0.2) is 60.7 Å². The number of benzene rings is 2. The maximum atomic E-state index is 5.42. The van der Waals surface area contributed by atoms with Gasteiger partial charge >= 0.3 is 0 Å². The standard InChI is InChI=1S/C35H44N4/c1-22(2)28-19-17-24(5)30-32(26-13-9-7-10-14-26)36-38(34(28)30)21-39-35-29(23(3)4)20-18-25(6)31(35)33(37-39)27-15-11-8-12-16-27/h7-16,22-25,28-29H,17-21H2,1-6H3/t24-,25-,28+,29+/m1/s1. The summed E-state index contributed by atoms with van der Waals surface area (Å²) >= 11 is 0. The normalized spacial score (nSPS) is 22.8. The molecule has 0 aliphatic heterocycles. The van der Waals surface area contributed by atoms with Crippen LogP contribution in [0.1, 0.15) is 113 Å². The lowest BCUT2D eigenvalue weighted by Gasteiger charge is -2.32. The van der Waals surface area contributed by atoms with Crippen molar-refractivity contribution in [1.29, 1.82) is 0 Å². The monoisotopic (exact) mass is 520 g/mol. The lowest BCUT2D eigenvalue weighted by Crippen LogP contribution is -2.25. The maximum Gasteiger partial charge on any atom is 0.133 e. The zero-order chi connectivity index (χ0) is 27.3. The maximum absolute atomic E-state index is 5.42. The number of rotatable bonds is 6. The van der Waals surface area contributed by atoms with E-state index in [1.807, 2.05) is 0 Å². The van der Waals surface area contributed by atoms with Crippen molar-refractivity contribution in [3.63, 3.8) is 0 Å². The quantitative estimate of drug-likeness (QED) is 0.254. The topological polar surface area (TPSA) is 35.6 Å². The van der Waals surface area contributed by atoms with Crippen molar-refractivity contribution in [2.75, 3.05) is 0 Å². The largest absolute Gasteiger partial charge is 0.247 e. The Morgan fingerprint density at radius 2 is 1.00 bits per heavy atom. The minimum Gasteiger partial charge on any atom is -0.247 e. The van der Waals surface area contributed by atoms with Crippen LogP contribution in [0.3, 0.4) is 0 Å². The average Bonchev–Trinajstić information content (AvgIpc) is 3.51. The summed E-state index contributed by atoms with van der Waals surface area (Å²) in [6.07, 6.45) is 4.90. The van der Waals surface area contributed by atoms with E-state index in [4.69, 9.17) is 10.2 Å². The summed E-state index contributed by atoms with van der Waals surface area (Å²) in [4.78, 5) is 0. The molecule has 204 valence electrons. The first kappa shape index (κ1) is 26.1. The Morgan fingerprint density at radius 3 is 1.36 bits per heavy atom. The highest BCUT2D eigenvalue weighted by molar-refractivity contribution is 5.67. The van der Waals surface area contributed by atoms with Crippen LogP contribution in [0.5, 0.6) is 0 Å². The molecule has 0 unspecified atom stereocenters. The van der Waals surface area contributed by atoms with Gasteiger partial charge < -0.3 is 0 Å². The van der Waals surface area contributed by atoms with Gasteiger partial charge in [0.2, 0.25) is 0 Å². The molecule has 39 heavy (non-hydrogen) atoms. The minimum absolute atomic E-state index is 0.508. The molecule has 0 bridgehead atoms. The summed E-state index contributed by atoms with van der Waals surface area (Å²) in [5.74, 6) is 3.19. The van der Waals surface area contributed by atoms with Gasteiger partial charge in [0.05, 0.1) is 11.4 Å². The third-order valence-corrected chi connectivity index (χ3v) is 9.54. The Hall–Kier alpha value is -3.14. The van der Waals surface area contributed by atoms with Crippen LogP contribution in [0.2, 0.25) is 0 Å². The van der Waals surface area contributed by atoms with Gasteiger partial charge in [0, 0.05) is 45.5 Å². The first-order chi connectivity index (χ1) is 18.8. The van der Waals surface area contributed by atoms with Gasteiger partial charge in [-0.25, -0.2) is 9.36 Å². The molecule has 0 N–H and O–H groups in total. The second kappa shape index (κ2) is 10.4. The highest BCUT2D eigenvalue weighted by Crippen LogP contribution is 2.48. The highest BCUT2D eigenvalue weighted by atomic mass is 15.4. The van der Waals surface area contributed by atoms with Gasteiger partial charge in [0.1, 0.15) is 6.67 Å². The summed E-state index contributed by atoms with van der Waals surface area (Å²) < 4.78 is 4.69. The molecule has 2 aromatic heterocycles. The molecular formula is C35H44N4. The predicted molar refractivity (Wildman–Crippen MR) is 161 cm³/mol. The lowest BCUT2D eigenvalue weighted by molar-refractivity contribution is 0.348. The molecule has 4 aromatic rings. The van der Waals surface area contributed by atoms with Crippen molar-refractivity contribution in [2.24, 2.45) is 11.8 Å². The summed E-state index contributed by atoms with van der Waals surface area (Å²) in [5.41, 5.74) is 10.6. The summed E-state index contributed by atoms with van der Waals surface area (Å²) in [6, 6.07) is 21.6. The van der Waals surface area contributed by atoms with Crippen molar-refractivity contribution in [1.82, 2.24) is 19.6 Å². The highest BCUT2D eigenvalue weighted by Gasteiger charge is 2.37. The van der Waals surface area contributed by atoms with E-state index in [2.05, 4.69) is 112 Å². The Bertz CT molecular complexity index is 1320. The number of aromatic nitrogens is 4. The fraction of sp³-hybridized carbons (Fsp3) is 0.486. The Balaban J connectivity index is 1.55. The third kappa shape index (κ3) is 4.56. The molecule has 0 radical (unpaired) electrons. The molecule has 0 amide bonds. The molecule has 0 saturated heterocycles. The molecule has 2 aliphatic rings. The molecule has 2 aliphatic carbocycles. The van der Waals surface area contributed by atoms with Crippen LogP contribution in [0.25, 0.3) is 22.5 Å². The minimum atomic E-state index is 0.508. The lowest BCUT2D eigenvalue weighted by atomic mass is 9.75. The Kier molecular flexibility index (Phi) is 6.99. The van der Waals surface area contributed by atoms with E-state index < -0.39 is 0 Å². The molecule has 2 heterocycles. The van der Waals surface area contributed by atoms with E-state index in [-0.39, 0.29) is 0 Å². The summed E-state index contributed by atoms with van der Waals surface area (Å²) in [5, 5.41) is 10.8. The summed E-state index contributed by atoms with van der Waals surface area (Å²) in [6.45, 7) is 15.0. The van der Waals surface area contributed by atoms with E-state index in [9.17, 15) is 0 Å². The zero-order valence-corrected chi connectivity index (χ0v) is 24.6. The first-order valence-corrected chi connectivity index (χ1v) is 15.2. The second-order valence-corrected chi connectivity index (χ2v) is 12.8. The van der Waals surface area contributed by atoms with Gasteiger partial charge in [-0.2, -0.15) is 10.2 Å². The van der Waals surface area contributed by atoms with Gasteiger partial charge in [-0.1, -0.05) is 102 Å². The van der Waals surface area contributed by atoms with E-state index in [1.165, 1.54) is 70.7 Å². The van der Waals surface area contributed by atoms with E-state index >= 15 is 0 Å². The average molecular weight is 521 g/mol. The number of nitrogens with zero attached hydrogens (tertiary/aromatic N) is 4. The predicted octanol–water partition coefficient (Wildman–Crippen LogP) is 9.19. The van der Waals surface area contributed by atoms with Crippen LogP contribution in [-0.2, 0) is 6.67 Å². The van der Waals surface area contributed by atoms with E-state index in [1.54, 1.807) is 0 Å². The molecule has 4 heteroatoms. The van der Waals surface area contributed by atoms with Crippen LogP contribution in [0, 0.1) is 11.8 Å². The van der Waals surface area contributed by atoms with Gasteiger partial charge in [-0.15, -0.1) is 0 Å². The van der Waals surface area contributed by atoms with Crippen LogP contribution >= 0.6 is 0 Å². The van der Waals surface area contributed by atoms with Crippen LogP contribution < -0.4 is 0 Å². The molecule has 4 nitrogen and oxygen atoms in total. The Labute approximate surface area is 234 Å². The SMILES string of the molecule is CC(C)[C@@H]1CC[C@@H](C)c2c(-c3ccccc3)nn(Cn3nc(-c4ccccc4)c4c3[C@H](C(C)C)CC[C@H]4C)c21. The molecule has 0 spiro atoms. The Morgan fingerprint density at radius 1 is 0.615 bits per heavy atom. The van der Waals surface area contributed by atoms with E-state index in [0.29, 0.717) is 42.2 Å². The fourth-order valence-electron chi connectivity index (χ4n) is 7.41. The van der Waals surface area contributed by atoms with Gasteiger partial charge in [0.15, 0.2) is 0 Å². The second-order valence-electron chi connectivity index (χ2n) is 12.8. The van der Waals surface area contributed by atoms with Gasteiger partial charge in [-0.3, -0.25) is 0 Å². The molecule has 2 aromatic carbocycles. The van der Waals surface area contributed by atoms with Gasteiger partial charge in [-0.05, 0) is 49.4 Å². The third-order valence-electron chi connectivity index (χ3n) is 9.54. The van der Waals surface area contributed by atoms with Gasteiger partial charge in [0.25, 0.3) is 0 Å². The van der Waals surface area contributed by atoms with Crippen molar-refractivity contribution < 1.29 is 0 Å². The molecule has 4 atom stereocenters. The number of hydrogen-bond donors (Lipinski definition) is 0. The van der Waals surface area contributed by atoms with Crippen molar-refractivity contribution >= 4 is 0 Å². The zero-order valence-electron chi connectivity index (χ0n) is 24.6. The molecule has 0 fully saturated rings. The smallest absolute Gasteiger partial charge is 0.133 e. The van der Waals surface area contributed by atoms with E-state index in [0.717, 1.165) is 0 Å². The first-order valence-electron chi connectivity index (χ1n) is 15.2. The van der Waals surface area contributed by atoms with Crippen LogP contribution in [0.4, 0.5) is 0 Å². The van der Waals surface area contributed by atoms with Crippen molar-refractivity contribution in [2.45, 2.75) is 97.6 Å². The number of hydrogen-bond acceptors (Lipinski definition) is 2. The molecule has 6 rings (SSSR count). The molecule has 0 saturated carbocycles. The van der Waals surface area contributed by atoms with Crippen LogP contribution in [-0.4, -0.2) is 19.6 Å². The number of fused-ring (bicyclic) bond motifs is 2. The van der Waals surface area contributed by atoms with Crippen molar-refractivity contribution in [3.8, 4) is 22.5 Å².